The highest BCUT2D eigenvalue weighted by atomic mass is 35.5. The minimum Gasteiger partial charge on any atom is -0.479 e. The van der Waals surface area contributed by atoms with Crippen LogP contribution in [0.5, 0.6) is 5.75 Å². The lowest BCUT2D eigenvalue weighted by Gasteiger charge is -2.21. The number of rotatable bonds is 7. The van der Waals surface area contributed by atoms with E-state index >= 15 is 0 Å². The Morgan fingerprint density at radius 2 is 2.15 bits per heavy atom. The molecule has 1 aromatic carbocycles. The van der Waals surface area contributed by atoms with E-state index in [0.717, 1.165) is 18.5 Å². The van der Waals surface area contributed by atoms with Crippen LogP contribution in [0.1, 0.15) is 25.8 Å². The summed E-state index contributed by atoms with van der Waals surface area (Å²) in [7, 11) is 3.41. The molecule has 1 atom stereocenters. The zero-order valence-corrected chi connectivity index (χ0v) is 13.3. The van der Waals surface area contributed by atoms with Gasteiger partial charge in [-0.2, -0.15) is 0 Å². The molecule has 0 radical (unpaired) electrons. The Hall–Kier alpha value is -1.26. The van der Waals surface area contributed by atoms with E-state index in [1.807, 2.05) is 12.1 Å². The van der Waals surface area contributed by atoms with E-state index in [0.29, 0.717) is 17.3 Å². The fraction of sp³-hybridized carbons (Fsp3) is 0.533. The number of nitrogens with zero attached hydrogens (tertiary/aromatic N) is 1. The summed E-state index contributed by atoms with van der Waals surface area (Å²) in [6.07, 6.45) is 0.501. The van der Waals surface area contributed by atoms with Crippen LogP contribution in [0.15, 0.2) is 18.2 Å². The van der Waals surface area contributed by atoms with Crippen LogP contribution in [0, 0.1) is 0 Å². The molecule has 1 aromatic rings. The lowest BCUT2D eigenvalue weighted by atomic mass is 10.2. The van der Waals surface area contributed by atoms with Gasteiger partial charge in [0, 0.05) is 26.2 Å². The van der Waals surface area contributed by atoms with Gasteiger partial charge in [-0.05, 0) is 26.0 Å². The van der Waals surface area contributed by atoms with Gasteiger partial charge >= 0.3 is 0 Å². The van der Waals surface area contributed by atoms with Crippen LogP contribution in [0.4, 0.5) is 0 Å². The van der Waals surface area contributed by atoms with Crippen molar-refractivity contribution in [3.05, 3.63) is 28.8 Å². The second-order valence-corrected chi connectivity index (χ2v) is 5.30. The van der Waals surface area contributed by atoms with E-state index in [9.17, 15) is 4.79 Å². The summed E-state index contributed by atoms with van der Waals surface area (Å²) in [5.41, 5.74) is 0.962. The Labute approximate surface area is 126 Å². The van der Waals surface area contributed by atoms with Crippen molar-refractivity contribution in [3.63, 3.8) is 0 Å². The number of ether oxygens (including phenoxy) is 1. The van der Waals surface area contributed by atoms with Crippen LogP contribution in [0.25, 0.3) is 0 Å². The van der Waals surface area contributed by atoms with Crippen LogP contribution in [-0.4, -0.2) is 37.6 Å². The zero-order valence-electron chi connectivity index (χ0n) is 12.6. The highest BCUT2D eigenvalue weighted by Crippen LogP contribution is 2.29. The normalized spacial score (nSPS) is 12.1. The lowest BCUT2D eigenvalue weighted by Crippen LogP contribution is -2.35. The number of benzene rings is 1. The number of amides is 1. The Kier molecular flexibility index (Phi) is 6.82. The van der Waals surface area contributed by atoms with E-state index in [1.165, 1.54) is 4.90 Å². The van der Waals surface area contributed by atoms with Gasteiger partial charge in [-0.1, -0.05) is 30.7 Å². The first kappa shape index (κ1) is 16.8. The standard InChI is InChI=1S/C15H23ClN2O2/c1-5-9-17-10-12-7-6-8-13(16)14(12)20-11(2)15(19)18(3)4/h6-8,11,17H,5,9-10H2,1-4H3. The Balaban J connectivity index is 2.84. The number of likely N-dealkylation sites (N-methyl/N-ethyl adjacent to an activating group) is 1. The van der Waals surface area contributed by atoms with Crippen LogP contribution in [0.3, 0.4) is 0 Å². The van der Waals surface area contributed by atoms with Crippen molar-refractivity contribution in [2.45, 2.75) is 32.9 Å². The molecule has 112 valence electrons. The first-order valence-corrected chi connectivity index (χ1v) is 7.21. The van der Waals surface area contributed by atoms with Crippen molar-refractivity contribution < 1.29 is 9.53 Å². The van der Waals surface area contributed by atoms with Crippen LogP contribution in [0.2, 0.25) is 5.02 Å². The van der Waals surface area contributed by atoms with E-state index < -0.39 is 6.10 Å². The largest absolute Gasteiger partial charge is 0.479 e. The van der Waals surface area contributed by atoms with Crippen molar-refractivity contribution in [1.29, 1.82) is 0 Å². The van der Waals surface area contributed by atoms with Crippen molar-refractivity contribution >= 4 is 17.5 Å². The topological polar surface area (TPSA) is 41.6 Å². The molecule has 0 heterocycles. The lowest BCUT2D eigenvalue weighted by molar-refractivity contribution is -0.135. The van der Waals surface area contributed by atoms with E-state index in [1.54, 1.807) is 27.1 Å². The van der Waals surface area contributed by atoms with Crippen molar-refractivity contribution in [2.24, 2.45) is 0 Å². The van der Waals surface area contributed by atoms with Gasteiger partial charge in [0.25, 0.3) is 5.91 Å². The molecule has 0 aromatic heterocycles. The number of hydrogen-bond donors (Lipinski definition) is 1. The van der Waals surface area contributed by atoms with Gasteiger partial charge in [-0.25, -0.2) is 0 Å². The van der Waals surface area contributed by atoms with Crippen LogP contribution < -0.4 is 10.1 Å². The molecule has 0 saturated carbocycles. The molecule has 0 saturated heterocycles. The van der Waals surface area contributed by atoms with Gasteiger partial charge in [0.05, 0.1) is 5.02 Å². The predicted molar refractivity (Wildman–Crippen MR) is 82.2 cm³/mol. The third-order valence-corrected chi connectivity index (χ3v) is 3.17. The number of carbonyl (C=O) groups excluding carboxylic acids is 1. The minimum atomic E-state index is -0.560. The fourth-order valence-corrected chi connectivity index (χ4v) is 2.05. The third-order valence-electron chi connectivity index (χ3n) is 2.87. The van der Waals surface area contributed by atoms with Gasteiger partial charge in [0.15, 0.2) is 6.10 Å². The predicted octanol–water partition coefficient (Wildman–Crippen LogP) is 2.70. The molecule has 0 bridgehead atoms. The third kappa shape index (κ3) is 4.69. The number of para-hydroxylation sites is 1. The molecular formula is C15H23ClN2O2. The minimum absolute atomic E-state index is 0.0858. The Morgan fingerprint density at radius 3 is 2.75 bits per heavy atom. The van der Waals surface area contributed by atoms with E-state index in [2.05, 4.69) is 12.2 Å². The van der Waals surface area contributed by atoms with Gasteiger partial charge < -0.3 is 15.0 Å². The molecule has 0 aliphatic rings. The number of carbonyl (C=O) groups is 1. The molecule has 0 fully saturated rings. The Bertz CT molecular complexity index is 449. The number of halogens is 1. The maximum atomic E-state index is 11.9. The summed E-state index contributed by atoms with van der Waals surface area (Å²) in [5.74, 6) is 0.498. The Morgan fingerprint density at radius 1 is 1.45 bits per heavy atom. The average molecular weight is 299 g/mol. The summed E-state index contributed by atoms with van der Waals surface area (Å²) in [6.45, 7) is 5.44. The van der Waals surface area contributed by atoms with Gasteiger partial charge in [0.1, 0.15) is 5.75 Å². The van der Waals surface area contributed by atoms with Gasteiger partial charge in [0.2, 0.25) is 0 Å². The molecule has 0 aliphatic carbocycles. The smallest absolute Gasteiger partial charge is 0.262 e. The molecule has 1 N–H and O–H groups in total. The molecule has 4 nitrogen and oxygen atoms in total. The molecule has 1 rings (SSSR count). The molecule has 0 spiro atoms. The summed E-state index contributed by atoms with van der Waals surface area (Å²) >= 11 is 6.19. The summed E-state index contributed by atoms with van der Waals surface area (Å²) in [6, 6.07) is 5.61. The SMILES string of the molecule is CCCNCc1cccc(Cl)c1OC(C)C(=O)N(C)C. The zero-order chi connectivity index (χ0) is 15.1. The first-order valence-electron chi connectivity index (χ1n) is 6.83. The quantitative estimate of drug-likeness (QED) is 0.787. The fourth-order valence-electron chi connectivity index (χ4n) is 1.82. The molecular weight excluding hydrogens is 276 g/mol. The molecule has 0 aliphatic heterocycles. The van der Waals surface area contributed by atoms with Gasteiger partial charge in [-0.15, -0.1) is 0 Å². The van der Waals surface area contributed by atoms with Crippen LogP contribution in [-0.2, 0) is 11.3 Å². The molecule has 5 heteroatoms. The van der Waals surface area contributed by atoms with Crippen molar-refractivity contribution in [3.8, 4) is 5.75 Å². The van der Waals surface area contributed by atoms with E-state index in [4.69, 9.17) is 16.3 Å². The van der Waals surface area contributed by atoms with Gasteiger partial charge in [-0.3, -0.25) is 4.79 Å². The maximum absolute atomic E-state index is 11.9. The first-order chi connectivity index (χ1) is 9.47. The summed E-state index contributed by atoms with van der Waals surface area (Å²) in [4.78, 5) is 13.4. The highest BCUT2D eigenvalue weighted by molar-refractivity contribution is 6.32. The summed E-state index contributed by atoms with van der Waals surface area (Å²) in [5, 5.41) is 3.84. The second kappa shape index (κ2) is 8.12. The molecule has 1 unspecified atom stereocenters. The molecule has 1 amide bonds. The highest BCUT2D eigenvalue weighted by Gasteiger charge is 2.19. The average Bonchev–Trinajstić information content (AvgIpc) is 2.41. The van der Waals surface area contributed by atoms with E-state index in [-0.39, 0.29) is 5.91 Å². The second-order valence-electron chi connectivity index (χ2n) is 4.90. The molecule has 20 heavy (non-hydrogen) atoms. The monoisotopic (exact) mass is 298 g/mol. The number of hydrogen-bond acceptors (Lipinski definition) is 3. The van der Waals surface area contributed by atoms with Crippen molar-refractivity contribution in [1.82, 2.24) is 10.2 Å². The van der Waals surface area contributed by atoms with Crippen LogP contribution >= 0.6 is 11.6 Å². The van der Waals surface area contributed by atoms with Crippen molar-refractivity contribution in [2.75, 3.05) is 20.6 Å². The number of nitrogens with one attached hydrogen (secondary N) is 1. The summed E-state index contributed by atoms with van der Waals surface area (Å²) < 4.78 is 5.77. The maximum Gasteiger partial charge on any atom is 0.262 e.